The molecule has 0 aromatic carbocycles. The summed E-state index contributed by atoms with van der Waals surface area (Å²) in [7, 11) is 4.54. The normalized spacial score (nSPS) is 30.8. The van der Waals surface area contributed by atoms with E-state index >= 15 is 0 Å². The Balaban J connectivity index is 1.91. The van der Waals surface area contributed by atoms with Gasteiger partial charge in [0.2, 0.25) is 0 Å². The molecule has 4 nitrogen and oxygen atoms in total. The van der Waals surface area contributed by atoms with Crippen LogP contribution in [-0.2, 0) is 0 Å². The third-order valence-electron chi connectivity index (χ3n) is 5.65. The summed E-state index contributed by atoms with van der Waals surface area (Å²) in [4.78, 5) is 7.62. The van der Waals surface area contributed by atoms with Gasteiger partial charge in [-0.05, 0) is 66.2 Å². The maximum Gasteiger partial charge on any atom is 0.0467 e. The van der Waals surface area contributed by atoms with Crippen LogP contribution in [0, 0.1) is 5.92 Å². The molecule has 0 aromatic heterocycles. The molecular formula is C16H34N4. The summed E-state index contributed by atoms with van der Waals surface area (Å²) in [6.45, 7) is 11.5. The Morgan fingerprint density at radius 1 is 1.25 bits per heavy atom. The highest BCUT2D eigenvalue weighted by atomic mass is 15.3. The van der Waals surface area contributed by atoms with Crippen molar-refractivity contribution in [3.8, 4) is 0 Å². The molecule has 0 amide bonds. The molecule has 1 unspecified atom stereocenters. The quantitative estimate of drug-likeness (QED) is 0.818. The highest BCUT2D eigenvalue weighted by molar-refractivity contribution is 5.00. The number of hydrogen-bond donors (Lipinski definition) is 1. The number of rotatable bonds is 5. The third-order valence-corrected chi connectivity index (χ3v) is 5.65. The molecule has 20 heavy (non-hydrogen) atoms. The lowest BCUT2D eigenvalue weighted by molar-refractivity contribution is 0.0860. The van der Waals surface area contributed by atoms with E-state index in [1.54, 1.807) is 0 Å². The monoisotopic (exact) mass is 282 g/mol. The summed E-state index contributed by atoms with van der Waals surface area (Å²) in [5.74, 6) is 0.854. The van der Waals surface area contributed by atoms with Gasteiger partial charge >= 0.3 is 0 Å². The second-order valence-electron chi connectivity index (χ2n) is 7.37. The molecule has 0 aliphatic carbocycles. The van der Waals surface area contributed by atoms with Crippen molar-refractivity contribution in [1.82, 2.24) is 14.7 Å². The van der Waals surface area contributed by atoms with Crippen LogP contribution in [-0.4, -0.2) is 79.6 Å². The average molecular weight is 282 g/mol. The van der Waals surface area contributed by atoms with Crippen LogP contribution in [0.2, 0.25) is 0 Å². The van der Waals surface area contributed by atoms with Crippen molar-refractivity contribution < 1.29 is 0 Å². The second kappa shape index (κ2) is 6.73. The molecule has 2 aliphatic heterocycles. The molecule has 4 heteroatoms. The molecule has 118 valence electrons. The summed E-state index contributed by atoms with van der Waals surface area (Å²) in [6, 6.07) is 0.639. The summed E-state index contributed by atoms with van der Waals surface area (Å²) in [5, 5.41) is 0. The molecule has 0 radical (unpaired) electrons. The van der Waals surface area contributed by atoms with Gasteiger partial charge in [0, 0.05) is 37.8 Å². The fraction of sp³-hybridized carbons (Fsp3) is 1.00. The summed E-state index contributed by atoms with van der Waals surface area (Å²) in [6.07, 6.45) is 3.91. The van der Waals surface area contributed by atoms with Crippen molar-refractivity contribution >= 4 is 0 Å². The first-order valence-corrected chi connectivity index (χ1v) is 8.31. The van der Waals surface area contributed by atoms with E-state index in [0.717, 1.165) is 19.0 Å². The highest BCUT2D eigenvalue weighted by Gasteiger charge is 2.41. The van der Waals surface area contributed by atoms with E-state index < -0.39 is 0 Å². The van der Waals surface area contributed by atoms with Crippen LogP contribution in [0.5, 0.6) is 0 Å². The number of nitrogens with two attached hydrogens (primary N) is 1. The van der Waals surface area contributed by atoms with Gasteiger partial charge in [-0.2, -0.15) is 0 Å². The van der Waals surface area contributed by atoms with Crippen LogP contribution < -0.4 is 5.73 Å². The van der Waals surface area contributed by atoms with Crippen molar-refractivity contribution in [1.29, 1.82) is 0 Å². The van der Waals surface area contributed by atoms with E-state index in [-0.39, 0.29) is 5.54 Å². The zero-order chi connectivity index (χ0) is 14.8. The van der Waals surface area contributed by atoms with E-state index in [1.807, 2.05) is 0 Å². The first-order chi connectivity index (χ1) is 9.47. The Morgan fingerprint density at radius 2 is 1.90 bits per heavy atom. The molecule has 1 atom stereocenters. The van der Waals surface area contributed by atoms with E-state index in [2.05, 4.69) is 42.6 Å². The van der Waals surface area contributed by atoms with E-state index in [1.165, 1.54) is 45.4 Å². The summed E-state index contributed by atoms with van der Waals surface area (Å²) < 4.78 is 0. The fourth-order valence-electron chi connectivity index (χ4n) is 3.79. The zero-order valence-electron chi connectivity index (χ0n) is 13.9. The lowest BCUT2D eigenvalue weighted by atomic mass is 9.91. The molecule has 0 saturated carbocycles. The van der Waals surface area contributed by atoms with E-state index in [0.29, 0.717) is 6.04 Å². The largest absolute Gasteiger partial charge is 0.329 e. The fourth-order valence-corrected chi connectivity index (χ4v) is 3.79. The molecule has 2 heterocycles. The van der Waals surface area contributed by atoms with Gasteiger partial charge in [-0.25, -0.2) is 0 Å². The van der Waals surface area contributed by atoms with Gasteiger partial charge in [0.15, 0.2) is 0 Å². The van der Waals surface area contributed by atoms with Crippen molar-refractivity contribution in [2.24, 2.45) is 11.7 Å². The number of likely N-dealkylation sites (N-methyl/N-ethyl adjacent to an activating group) is 1. The topological polar surface area (TPSA) is 35.7 Å². The van der Waals surface area contributed by atoms with Crippen molar-refractivity contribution in [3.63, 3.8) is 0 Å². The smallest absolute Gasteiger partial charge is 0.0467 e. The molecule has 2 N–H and O–H groups in total. The molecule has 2 rings (SSSR count). The second-order valence-corrected chi connectivity index (χ2v) is 7.37. The molecule has 0 aromatic rings. The van der Waals surface area contributed by atoms with Gasteiger partial charge in [-0.15, -0.1) is 0 Å². The lowest BCUT2D eigenvalue weighted by Crippen LogP contribution is -2.56. The van der Waals surface area contributed by atoms with Crippen LogP contribution in [0.1, 0.15) is 33.1 Å². The minimum Gasteiger partial charge on any atom is -0.329 e. The predicted molar refractivity (Wildman–Crippen MR) is 86.0 cm³/mol. The third kappa shape index (κ3) is 3.53. The highest BCUT2D eigenvalue weighted by Crippen LogP contribution is 2.29. The predicted octanol–water partition coefficient (Wildman–Crippen LogP) is 1.07. The van der Waals surface area contributed by atoms with Gasteiger partial charge in [-0.3, -0.25) is 9.80 Å². The summed E-state index contributed by atoms with van der Waals surface area (Å²) in [5.41, 5.74) is 6.40. The van der Waals surface area contributed by atoms with Gasteiger partial charge in [0.1, 0.15) is 0 Å². The number of likely N-dealkylation sites (tertiary alicyclic amines) is 2. The molecule has 2 saturated heterocycles. The van der Waals surface area contributed by atoms with Crippen LogP contribution in [0.4, 0.5) is 0 Å². The van der Waals surface area contributed by atoms with Crippen LogP contribution in [0.3, 0.4) is 0 Å². The number of piperidine rings is 1. The summed E-state index contributed by atoms with van der Waals surface area (Å²) >= 11 is 0. The number of hydrogen-bond acceptors (Lipinski definition) is 4. The molecule has 0 spiro atoms. The van der Waals surface area contributed by atoms with E-state index in [4.69, 9.17) is 5.73 Å². The first kappa shape index (κ1) is 16.2. The van der Waals surface area contributed by atoms with Gasteiger partial charge in [-0.1, -0.05) is 0 Å². The Hall–Kier alpha value is -0.160. The standard InChI is InChI=1S/C16H34N4/c1-14(2)20-10-7-16(12-17,13-20)19(4)11-15-5-8-18(3)9-6-15/h14-15H,5-13,17H2,1-4H3. The maximum absolute atomic E-state index is 6.18. The SMILES string of the molecule is CC(C)N1CCC(CN)(N(C)CC2CCN(C)CC2)C1. The number of nitrogens with zero attached hydrogens (tertiary/aromatic N) is 3. The van der Waals surface area contributed by atoms with Crippen LogP contribution in [0.25, 0.3) is 0 Å². The Morgan fingerprint density at radius 3 is 2.40 bits per heavy atom. The maximum atomic E-state index is 6.18. The van der Waals surface area contributed by atoms with Crippen molar-refractivity contribution in [2.75, 3.05) is 53.4 Å². The zero-order valence-corrected chi connectivity index (χ0v) is 13.9. The molecule has 2 fully saturated rings. The Kier molecular flexibility index (Phi) is 5.46. The molecule has 0 bridgehead atoms. The van der Waals surface area contributed by atoms with E-state index in [9.17, 15) is 0 Å². The minimum atomic E-state index is 0.216. The van der Waals surface area contributed by atoms with Crippen molar-refractivity contribution in [2.45, 2.75) is 44.7 Å². The Bertz CT molecular complexity index is 299. The van der Waals surface area contributed by atoms with Gasteiger partial charge in [0.05, 0.1) is 0 Å². The van der Waals surface area contributed by atoms with Crippen LogP contribution >= 0.6 is 0 Å². The average Bonchev–Trinajstić information content (AvgIpc) is 2.87. The molecular weight excluding hydrogens is 248 g/mol. The van der Waals surface area contributed by atoms with Crippen LogP contribution in [0.15, 0.2) is 0 Å². The van der Waals surface area contributed by atoms with Gasteiger partial charge < -0.3 is 10.6 Å². The minimum absolute atomic E-state index is 0.216. The Labute approximate surface area is 125 Å². The van der Waals surface area contributed by atoms with Crippen molar-refractivity contribution in [3.05, 3.63) is 0 Å². The first-order valence-electron chi connectivity index (χ1n) is 8.31. The molecule has 2 aliphatic rings. The van der Waals surface area contributed by atoms with Gasteiger partial charge in [0.25, 0.3) is 0 Å². The lowest BCUT2D eigenvalue weighted by Gasteiger charge is -2.41.